The van der Waals surface area contributed by atoms with Crippen molar-refractivity contribution in [3.8, 4) is 17.2 Å². The predicted molar refractivity (Wildman–Crippen MR) is 117 cm³/mol. The van der Waals surface area contributed by atoms with Gasteiger partial charge in [-0.1, -0.05) is 19.8 Å². The fourth-order valence-corrected chi connectivity index (χ4v) is 4.20. The van der Waals surface area contributed by atoms with Crippen molar-refractivity contribution in [1.29, 1.82) is 0 Å². The van der Waals surface area contributed by atoms with E-state index < -0.39 is 5.97 Å². The molecule has 7 heteroatoms. The molecule has 31 heavy (non-hydrogen) atoms. The average Bonchev–Trinajstić information content (AvgIpc) is 3.12. The predicted octanol–water partition coefficient (Wildman–Crippen LogP) is 4.61. The van der Waals surface area contributed by atoms with E-state index in [0.29, 0.717) is 53.5 Å². The van der Waals surface area contributed by atoms with Crippen LogP contribution in [0.2, 0.25) is 0 Å². The Kier molecular flexibility index (Phi) is 7.25. The zero-order valence-electron chi connectivity index (χ0n) is 18.9. The van der Waals surface area contributed by atoms with Crippen LogP contribution in [0.5, 0.6) is 17.2 Å². The summed E-state index contributed by atoms with van der Waals surface area (Å²) >= 11 is 0. The maximum absolute atomic E-state index is 13.0. The van der Waals surface area contributed by atoms with Crippen molar-refractivity contribution in [3.63, 3.8) is 0 Å². The molecule has 168 valence electrons. The van der Waals surface area contributed by atoms with Crippen LogP contribution in [-0.2, 0) is 11.2 Å². The monoisotopic (exact) mass is 429 g/mol. The van der Waals surface area contributed by atoms with E-state index in [0.717, 1.165) is 30.5 Å². The Morgan fingerprint density at radius 1 is 1.06 bits per heavy atom. The first kappa shape index (κ1) is 22.7. The summed E-state index contributed by atoms with van der Waals surface area (Å²) in [6.45, 7) is 4.29. The topological polar surface area (TPSA) is 86.9 Å². The molecule has 1 aliphatic rings. The zero-order chi connectivity index (χ0) is 22.5. The number of ketones is 1. The van der Waals surface area contributed by atoms with Gasteiger partial charge in [0.05, 0.1) is 27.9 Å². The van der Waals surface area contributed by atoms with Crippen LogP contribution in [0.15, 0.2) is 12.1 Å². The lowest BCUT2D eigenvalue weighted by atomic mass is 9.81. The number of carbonyl (C=O) groups is 2. The Balaban J connectivity index is 1.87. The van der Waals surface area contributed by atoms with E-state index in [9.17, 15) is 9.59 Å². The van der Waals surface area contributed by atoms with Crippen LogP contribution in [0, 0.1) is 6.92 Å². The van der Waals surface area contributed by atoms with Gasteiger partial charge in [0.1, 0.15) is 5.69 Å². The number of nitrogens with one attached hydrogen (secondary N) is 1. The van der Waals surface area contributed by atoms with Gasteiger partial charge < -0.3 is 23.9 Å². The molecule has 2 aromatic rings. The van der Waals surface area contributed by atoms with Gasteiger partial charge in [0, 0.05) is 17.7 Å². The number of Topliss-reactive ketones (excluding diaryl/α,β-unsaturated/α-hetero) is 1. The minimum atomic E-state index is -0.403. The van der Waals surface area contributed by atoms with Crippen molar-refractivity contribution in [3.05, 3.63) is 40.2 Å². The van der Waals surface area contributed by atoms with Gasteiger partial charge in [-0.15, -0.1) is 0 Å². The summed E-state index contributed by atoms with van der Waals surface area (Å²) in [6.07, 6.45) is 3.86. The third kappa shape index (κ3) is 4.55. The summed E-state index contributed by atoms with van der Waals surface area (Å²) in [6, 6.07) is 3.76. The summed E-state index contributed by atoms with van der Waals surface area (Å²) in [5.74, 6) is 1.16. The maximum atomic E-state index is 13.0. The second kappa shape index (κ2) is 9.90. The van der Waals surface area contributed by atoms with E-state index in [2.05, 4.69) is 11.9 Å². The smallest absolute Gasteiger partial charge is 0.355 e. The number of esters is 1. The van der Waals surface area contributed by atoms with Crippen LogP contribution >= 0.6 is 0 Å². The normalized spacial score (nSPS) is 15.4. The lowest BCUT2D eigenvalue weighted by molar-refractivity contribution is 0.0491. The summed E-state index contributed by atoms with van der Waals surface area (Å²) in [4.78, 5) is 28.7. The molecule has 1 heterocycles. The molecule has 0 aliphatic heterocycles. The summed E-state index contributed by atoms with van der Waals surface area (Å²) in [5.41, 5.74) is 3.35. The molecule has 7 nitrogen and oxygen atoms in total. The van der Waals surface area contributed by atoms with E-state index in [1.165, 1.54) is 0 Å². The molecule has 0 spiro atoms. The van der Waals surface area contributed by atoms with E-state index in [-0.39, 0.29) is 11.7 Å². The van der Waals surface area contributed by atoms with E-state index in [4.69, 9.17) is 18.9 Å². The summed E-state index contributed by atoms with van der Waals surface area (Å²) in [7, 11) is 4.69. The molecule has 1 aromatic carbocycles. The highest BCUT2D eigenvalue weighted by Crippen LogP contribution is 2.43. The molecule has 1 N–H and O–H groups in total. The largest absolute Gasteiger partial charge is 0.493 e. The fourth-order valence-electron chi connectivity index (χ4n) is 4.20. The number of hydrogen-bond acceptors (Lipinski definition) is 6. The Morgan fingerprint density at radius 3 is 2.32 bits per heavy atom. The summed E-state index contributed by atoms with van der Waals surface area (Å²) < 4.78 is 21.7. The minimum absolute atomic E-state index is 0.0128. The molecule has 0 saturated carbocycles. The lowest BCUT2D eigenvalue weighted by Crippen LogP contribution is -2.19. The molecule has 1 aliphatic carbocycles. The van der Waals surface area contributed by atoms with Gasteiger partial charge in [-0.25, -0.2) is 4.79 Å². The highest BCUT2D eigenvalue weighted by atomic mass is 16.5. The van der Waals surface area contributed by atoms with Gasteiger partial charge in [0.15, 0.2) is 17.3 Å². The van der Waals surface area contributed by atoms with Crippen LogP contribution in [0.25, 0.3) is 0 Å². The van der Waals surface area contributed by atoms with Crippen LogP contribution in [-0.4, -0.2) is 44.7 Å². The Bertz CT molecular complexity index is 936. The van der Waals surface area contributed by atoms with Crippen molar-refractivity contribution in [2.24, 2.45) is 0 Å². The first-order valence-corrected chi connectivity index (χ1v) is 10.7. The zero-order valence-corrected chi connectivity index (χ0v) is 18.9. The van der Waals surface area contributed by atoms with E-state index in [1.807, 2.05) is 12.1 Å². The molecule has 0 fully saturated rings. The summed E-state index contributed by atoms with van der Waals surface area (Å²) in [5, 5.41) is 0. The van der Waals surface area contributed by atoms with Crippen molar-refractivity contribution in [1.82, 2.24) is 4.98 Å². The second-order valence-electron chi connectivity index (χ2n) is 7.81. The SMILES string of the molecule is CCCCCOC(=O)c1[nH]c2c(c1C)C(=O)C[C@H](c1cc(OC)c(OC)c(OC)c1)C2. The maximum Gasteiger partial charge on any atom is 0.355 e. The number of benzene rings is 1. The third-order valence-electron chi connectivity index (χ3n) is 5.83. The fraction of sp³-hybridized carbons (Fsp3) is 0.500. The second-order valence-corrected chi connectivity index (χ2v) is 7.81. The van der Waals surface area contributed by atoms with Crippen LogP contribution in [0.3, 0.4) is 0 Å². The number of methoxy groups -OCH3 is 3. The molecular weight excluding hydrogens is 398 g/mol. The molecule has 0 bridgehead atoms. The van der Waals surface area contributed by atoms with E-state index >= 15 is 0 Å². The first-order valence-electron chi connectivity index (χ1n) is 10.7. The lowest BCUT2D eigenvalue weighted by Gasteiger charge is -2.24. The number of aromatic amines is 1. The van der Waals surface area contributed by atoms with E-state index in [1.54, 1.807) is 28.3 Å². The van der Waals surface area contributed by atoms with Gasteiger partial charge in [0.25, 0.3) is 0 Å². The number of H-pyrrole nitrogens is 1. The van der Waals surface area contributed by atoms with Crippen molar-refractivity contribution >= 4 is 11.8 Å². The molecule has 1 aromatic heterocycles. The van der Waals surface area contributed by atoms with Gasteiger partial charge in [-0.3, -0.25) is 4.79 Å². The van der Waals surface area contributed by atoms with Crippen molar-refractivity contribution < 1.29 is 28.5 Å². The van der Waals surface area contributed by atoms with Crippen LogP contribution in [0.4, 0.5) is 0 Å². The number of ether oxygens (including phenoxy) is 4. The standard InChI is InChI=1S/C24H31NO6/c1-6-7-8-9-31-24(27)22-14(2)21-17(25-22)10-15(11-18(21)26)16-12-19(28-3)23(30-5)20(13-16)29-4/h12-13,15,25H,6-11H2,1-5H3/t15-/m1/s1. The number of hydrogen-bond donors (Lipinski definition) is 1. The number of unbranched alkanes of at least 4 members (excludes halogenated alkanes) is 2. The number of carbonyl (C=O) groups excluding carboxylic acids is 2. The molecule has 0 amide bonds. The van der Waals surface area contributed by atoms with Gasteiger partial charge in [-0.2, -0.15) is 0 Å². The quantitative estimate of drug-likeness (QED) is 0.463. The minimum Gasteiger partial charge on any atom is -0.493 e. The molecule has 0 saturated heterocycles. The van der Waals surface area contributed by atoms with Crippen LogP contribution in [0.1, 0.15) is 76.2 Å². The van der Waals surface area contributed by atoms with Gasteiger partial charge in [-0.05, 0) is 48.9 Å². The molecule has 1 atom stereocenters. The Labute approximate surface area is 183 Å². The highest BCUT2D eigenvalue weighted by molar-refractivity contribution is 6.03. The van der Waals surface area contributed by atoms with Crippen molar-refractivity contribution in [2.75, 3.05) is 27.9 Å². The number of aromatic nitrogens is 1. The molecule has 3 rings (SSSR count). The molecule has 0 radical (unpaired) electrons. The molecule has 0 unspecified atom stereocenters. The highest BCUT2D eigenvalue weighted by Gasteiger charge is 2.33. The van der Waals surface area contributed by atoms with Gasteiger partial charge in [0.2, 0.25) is 5.75 Å². The average molecular weight is 430 g/mol. The first-order chi connectivity index (χ1) is 14.9. The van der Waals surface area contributed by atoms with Crippen LogP contribution < -0.4 is 14.2 Å². The Morgan fingerprint density at radius 2 is 1.74 bits per heavy atom. The number of fused-ring (bicyclic) bond motifs is 1. The molecular formula is C24H31NO6. The third-order valence-corrected chi connectivity index (χ3v) is 5.83. The number of rotatable bonds is 9. The van der Waals surface area contributed by atoms with Gasteiger partial charge >= 0.3 is 5.97 Å². The Hall–Kier alpha value is -2.96. The van der Waals surface area contributed by atoms with Crippen molar-refractivity contribution in [2.45, 2.75) is 51.9 Å².